The van der Waals surface area contributed by atoms with E-state index in [9.17, 15) is 18.0 Å². The molecule has 0 aliphatic heterocycles. The molecule has 0 saturated carbocycles. The quantitative estimate of drug-likeness (QED) is 0.170. The van der Waals surface area contributed by atoms with Gasteiger partial charge in [0, 0.05) is 61.3 Å². The molecule has 12 nitrogen and oxygen atoms in total. The summed E-state index contributed by atoms with van der Waals surface area (Å²) in [5.41, 5.74) is 0.735. The zero-order valence-electron chi connectivity index (χ0n) is 16.5. The smallest absolute Gasteiger partial charge is 0.345 e. The Morgan fingerprint density at radius 2 is 1.27 bits per heavy atom. The van der Waals surface area contributed by atoms with Gasteiger partial charge in [0.1, 0.15) is 0 Å². The molecule has 2 rings (SSSR count). The molecule has 0 aliphatic rings. The van der Waals surface area contributed by atoms with Crippen LogP contribution in [-0.4, -0.2) is 81.6 Å². The van der Waals surface area contributed by atoms with Crippen molar-refractivity contribution in [1.82, 2.24) is 19.9 Å². The van der Waals surface area contributed by atoms with Crippen LogP contribution in [0.25, 0.3) is 0 Å². The predicted octanol–water partition coefficient (Wildman–Crippen LogP) is 0.0709. The highest BCUT2D eigenvalue weighted by Crippen LogP contribution is 2.03. The van der Waals surface area contributed by atoms with Crippen molar-refractivity contribution in [1.29, 1.82) is 0 Å². The molecule has 30 heavy (non-hydrogen) atoms. The van der Waals surface area contributed by atoms with E-state index >= 15 is 0 Å². The second-order valence-corrected chi connectivity index (χ2v) is 6.66. The van der Waals surface area contributed by atoms with Crippen LogP contribution in [0.15, 0.2) is 40.3 Å². The zero-order chi connectivity index (χ0) is 21.7. The van der Waals surface area contributed by atoms with Crippen LogP contribution in [0.4, 0.5) is 0 Å². The summed E-state index contributed by atoms with van der Waals surface area (Å²) in [6, 6.07) is 0.0787. The molecular formula is C15H18B2N6O6S. The Balaban J connectivity index is -0.000000406. The van der Waals surface area contributed by atoms with Gasteiger partial charge in [0.05, 0.1) is 11.1 Å². The van der Waals surface area contributed by atoms with E-state index in [-0.39, 0.29) is 39.6 Å². The van der Waals surface area contributed by atoms with Gasteiger partial charge < -0.3 is 10.0 Å². The number of nitrogens with zero attached hydrogens (tertiary/aromatic N) is 6. The summed E-state index contributed by atoms with van der Waals surface area (Å²) in [4.78, 5) is 40.6. The van der Waals surface area contributed by atoms with E-state index in [0.29, 0.717) is 11.1 Å². The zero-order valence-corrected chi connectivity index (χ0v) is 17.3. The lowest BCUT2D eigenvalue weighted by atomic mass is 10.2. The van der Waals surface area contributed by atoms with Crippen LogP contribution < -0.4 is 4.84 Å². The molecular weight excluding hydrogens is 414 g/mol. The third kappa shape index (κ3) is 12.1. The summed E-state index contributed by atoms with van der Waals surface area (Å²) in [6.07, 6.45) is 6.15. The van der Waals surface area contributed by atoms with Gasteiger partial charge in [-0.25, -0.2) is 28.4 Å². The normalized spacial score (nSPS) is 8.90. The molecule has 0 spiro atoms. The predicted molar refractivity (Wildman–Crippen MR) is 110 cm³/mol. The van der Waals surface area contributed by atoms with Crippen molar-refractivity contribution in [3.63, 3.8) is 0 Å². The van der Waals surface area contributed by atoms with Crippen LogP contribution in [-0.2, 0) is 9.84 Å². The van der Waals surface area contributed by atoms with Crippen molar-refractivity contribution in [2.45, 2.75) is 19.0 Å². The summed E-state index contributed by atoms with van der Waals surface area (Å²) in [6.45, 7) is 8.56. The average Bonchev–Trinajstić information content (AvgIpc) is 2.63. The van der Waals surface area contributed by atoms with Gasteiger partial charge in [-0.3, -0.25) is 9.59 Å². The number of sulfone groups is 1. The topological polar surface area (TPSA) is 174 Å². The lowest BCUT2D eigenvalue weighted by Gasteiger charge is -1.96. The van der Waals surface area contributed by atoms with Crippen LogP contribution in [0, 0.1) is 0 Å². The monoisotopic (exact) mass is 432 g/mol. The number of rotatable bonds is 5. The fourth-order valence-corrected chi connectivity index (χ4v) is 1.78. The van der Waals surface area contributed by atoms with E-state index in [4.69, 9.17) is 5.21 Å². The maximum absolute atomic E-state index is 10.9. The molecule has 2 heterocycles. The molecule has 0 bridgehead atoms. The summed E-state index contributed by atoms with van der Waals surface area (Å²) in [5.74, 6) is -0.284. The van der Waals surface area contributed by atoms with Gasteiger partial charge in [-0.1, -0.05) is 5.16 Å². The molecule has 0 unspecified atom stereocenters. The largest absolute Gasteiger partial charge is 0.411 e. The van der Waals surface area contributed by atoms with E-state index in [1.807, 2.05) is 0 Å². The molecule has 15 heteroatoms. The molecule has 0 amide bonds. The minimum atomic E-state index is -3.38. The number of carbonyl (C=O) groups is 2. The minimum Gasteiger partial charge on any atom is -0.411 e. The van der Waals surface area contributed by atoms with Crippen molar-refractivity contribution < 1.29 is 28.1 Å². The van der Waals surface area contributed by atoms with Crippen LogP contribution in [0.3, 0.4) is 0 Å². The van der Waals surface area contributed by atoms with E-state index in [1.54, 1.807) is 0 Å². The number of ketones is 2. The van der Waals surface area contributed by atoms with Gasteiger partial charge in [-0.05, 0) is 13.8 Å². The molecule has 2 aromatic rings. The third-order valence-electron chi connectivity index (χ3n) is 2.55. The fourth-order valence-electron chi connectivity index (χ4n) is 1.29. The van der Waals surface area contributed by atoms with Gasteiger partial charge in [0.15, 0.2) is 11.6 Å². The van der Waals surface area contributed by atoms with E-state index in [0.717, 1.165) is 6.26 Å². The highest BCUT2D eigenvalue weighted by molar-refractivity contribution is 7.90. The number of hydrogen-bond acceptors (Lipinski definition) is 12. The first-order valence-electron chi connectivity index (χ1n) is 7.16. The van der Waals surface area contributed by atoms with Crippen LogP contribution in [0.1, 0.15) is 34.6 Å². The molecule has 2 aromatic heterocycles. The van der Waals surface area contributed by atoms with Crippen molar-refractivity contribution in [2.75, 3.05) is 6.26 Å². The van der Waals surface area contributed by atoms with E-state index in [1.165, 1.54) is 38.6 Å². The first kappa shape index (κ1) is 31.2. The maximum Gasteiger partial charge on any atom is 0.345 e. The second-order valence-electron chi connectivity index (χ2n) is 4.75. The molecule has 0 aromatic carbocycles. The van der Waals surface area contributed by atoms with E-state index in [2.05, 4.69) is 48.5 Å². The first-order chi connectivity index (χ1) is 13.1. The van der Waals surface area contributed by atoms with Gasteiger partial charge in [0.25, 0.3) is 0 Å². The van der Waals surface area contributed by atoms with Crippen LogP contribution in [0.2, 0.25) is 0 Å². The highest BCUT2D eigenvalue weighted by atomic mass is 32.2. The highest BCUT2D eigenvalue weighted by Gasteiger charge is 2.10. The Labute approximate surface area is 177 Å². The lowest BCUT2D eigenvalue weighted by Crippen LogP contribution is -2.05. The van der Waals surface area contributed by atoms with Crippen molar-refractivity contribution >= 4 is 51.7 Å². The van der Waals surface area contributed by atoms with Gasteiger partial charge in [-0.15, -0.1) is 5.16 Å². The SMILES string of the molecule is C=NO.C=NOc1ncc(C(C)=O)cn1.CC(=O)c1cnc(S(C)(=O)=O)nc1.[B].[B]. The number of carbonyl (C=O) groups excluding carboxylic acids is 2. The minimum absolute atomic E-state index is 0. The average molecular weight is 432 g/mol. The summed E-state index contributed by atoms with van der Waals surface area (Å²) in [5, 5.41) is 12.2. The molecule has 6 radical (unpaired) electrons. The Kier molecular flexibility index (Phi) is 16.1. The number of Topliss-reactive ketones (excluding diaryl/α,β-unsaturated/α-hetero) is 2. The summed E-state index contributed by atoms with van der Waals surface area (Å²) in [7, 11) is -3.38. The fraction of sp³-hybridized carbons (Fsp3) is 0.200. The maximum atomic E-state index is 10.9. The lowest BCUT2D eigenvalue weighted by molar-refractivity contribution is 0.100. The summed E-state index contributed by atoms with van der Waals surface area (Å²) < 4.78 is 21.8. The van der Waals surface area contributed by atoms with Crippen LogP contribution in [0.5, 0.6) is 6.01 Å². The van der Waals surface area contributed by atoms with Gasteiger partial charge in [-0.2, -0.15) is 0 Å². The van der Waals surface area contributed by atoms with Crippen molar-refractivity contribution in [3.8, 4) is 6.01 Å². The number of aromatic nitrogens is 4. The Hall–Kier alpha value is -3.48. The number of hydrogen-bond donors (Lipinski definition) is 1. The van der Waals surface area contributed by atoms with Crippen LogP contribution >= 0.6 is 0 Å². The third-order valence-corrected chi connectivity index (χ3v) is 3.42. The second kappa shape index (κ2) is 15.4. The van der Waals surface area contributed by atoms with E-state index < -0.39 is 9.84 Å². The van der Waals surface area contributed by atoms with Crippen molar-refractivity contribution in [3.05, 3.63) is 35.9 Å². The molecule has 1 N–H and O–H groups in total. The Bertz CT molecular complexity index is 924. The number of oxime groups is 2. The Morgan fingerprint density at radius 1 is 0.933 bits per heavy atom. The molecule has 0 saturated heterocycles. The molecule has 156 valence electrons. The molecule has 0 aliphatic carbocycles. The molecule has 0 fully saturated rings. The first-order valence-corrected chi connectivity index (χ1v) is 9.05. The molecule has 0 atom stereocenters. The van der Waals surface area contributed by atoms with Gasteiger partial charge >= 0.3 is 6.01 Å². The Morgan fingerprint density at radius 3 is 1.53 bits per heavy atom. The summed E-state index contributed by atoms with van der Waals surface area (Å²) >= 11 is 0. The van der Waals surface area contributed by atoms with Gasteiger partial charge in [0.2, 0.25) is 15.0 Å². The van der Waals surface area contributed by atoms with Crippen molar-refractivity contribution in [2.24, 2.45) is 10.3 Å². The standard InChI is InChI=1S/C7H7N3O2.C7H8N2O3S.CH3NO.2B/c1-5(11)6-3-9-7(10-4-6)12-8-2;1-5(10)6-3-8-7(9-4-6)13(2,11)12;1-2-3;;/h3-4H,2H2,1H3;3-4H,1-2H3;3H,1H2;;.